The summed E-state index contributed by atoms with van der Waals surface area (Å²) in [5.74, 6) is 0.0359. The number of methoxy groups -OCH3 is 1. The van der Waals surface area contributed by atoms with Crippen LogP contribution in [0.5, 0.6) is 0 Å². The number of benzene rings is 1. The molecule has 3 aromatic rings. The molecule has 8 nitrogen and oxygen atoms in total. The molecule has 0 saturated carbocycles. The van der Waals surface area contributed by atoms with Crippen LogP contribution in [0.3, 0.4) is 0 Å². The number of anilines is 2. The number of ether oxygens (including phenoxy) is 2. The van der Waals surface area contributed by atoms with Gasteiger partial charge >= 0.3 is 5.97 Å². The first-order valence-electron chi connectivity index (χ1n) is 9.56. The molecule has 1 aliphatic heterocycles. The molecule has 0 aliphatic carbocycles. The van der Waals surface area contributed by atoms with Crippen LogP contribution in [0.25, 0.3) is 11.3 Å². The summed E-state index contributed by atoms with van der Waals surface area (Å²) in [5, 5.41) is 7.64. The Balaban J connectivity index is 1.60. The Hall–Kier alpha value is -3.26. The van der Waals surface area contributed by atoms with Crippen molar-refractivity contribution in [3.05, 3.63) is 54.0 Å². The maximum Gasteiger partial charge on any atom is 0.338 e. The third-order valence-corrected chi connectivity index (χ3v) is 4.93. The minimum Gasteiger partial charge on any atom is -0.465 e. The van der Waals surface area contributed by atoms with Gasteiger partial charge in [0.1, 0.15) is 0 Å². The molecule has 8 heteroatoms. The number of nitrogens with one attached hydrogen (secondary N) is 1. The van der Waals surface area contributed by atoms with Crippen LogP contribution >= 0.6 is 0 Å². The first kappa shape index (κ1) is 19.1. The number of carbonyl (C=O) groups excluding carboxylic acids is 1. The largest absolute Gasteiger partial charge is 0.465 e. The van der Waals surface area contributed by atoms with Gasteiger partial charge in [0.2, 0.25) is 5.95 Å². The summed E-state index contributed by atoms with van der Waals surface area (Å²) < 4.78 is 12.4. The molecular weight excluding hydrogens is 370 g/mol. The van der Waals surface area contributed by atoms with Crippen molar-refractivity contribution in [3.63, 3.8) is 0 Å². The topological polar surface area (TPSA) is 91.2 Å². The van der Waals surface area contributed by atoms with Crippen molar-refractivity contribution in [2.75, 3.05) is 25.6 Å². The van der Waals surface area contributed by atoms with Gasteiger partial charge in [0.05, 0.1) is 42.9 Å². The van der Waals surface area contributed by atoms with Crippen molar-refractivity contribution in [2.45, 2.75) is 25.8 Å². The standard InChI is InChI=1S/C21H23N5O3/c1-14-10-22-21(24-15-11-23-26(12-15)16-6-5-9-29-13-16)25-19(14)17-7-3-4-8-18(17)20(27)28-2/h3-4,7-8,10-12,16H,5-6,9,13H2,1-2H3,(H,22,24,25). The van der Waals surface area contributed by atoms with Crippen molar-refractivity contribution in [3.8, 4) is 11.3 Å². The van der Waals surface area contributed by atoms with E-state index in [1.165, 1.54) is 7.11 Å². The highest BCUT2D eigenvalue weighted by molar-refractivity contribution is 5.97. The minimum absolute atomic E-state index is 0.251. The third-order valence-electron chi connectivity index (χ3n) is 4.93. The number of esters is 1. The summed E-state index contributed by atoms with van der Waals surface area (Å²) in [6.45, 7) is 3.40. The summed E-state index contributed by atoms with van der Waals surface area (Å²) in [5.41, 5.74) is 3.51. The lowest BCUT2D eigenvalue weighted by Gasteiger charge is -2.22. The molecule has 1 unspecified atom stereocenters. The molecule has 1 aromatic carbocycles. The van der Waals surface area contributed by atoms with Gasteiger partial charge in [0, 0.05) is 24.6 Å². The average molecular weight is 393 g/mol. The zero-order chi connectivity index (χ0) is 20.2. The lowest BCUT2D eigenvalue weighted by Crippen LogP contribution is -2.21. The number of hydrogen-bond acceptors (Lipinski definition) is 7. The maximum absolute atomic E-state index is 12.1. The highest BCUT2D eigenvalue weighted by atomic mass is 16.5. The van der Waals surface area contributed by atoms with Crippen LogP contribution in [0.1, 0.15) is 34.8 Å². The smallest absolute Gasteiger partial charge is 0.338 e. The van der Waals surface area contributed by atoms with Gasteiger partial charge in [-0.2, -0.15) is 5.10 Å². The predicted octanol–water partition coefficient (Wildman–Crippen LogP) is 3.53. The number of rotatable bonds is 5. The van der Waals surface area contributed by atoms with E-state index in [2.05, 4.69) is 20.4 Å². The Labute approximate surface area is 168 Å². The van der Waals surface area contributed by atoms with Gasteiger partial charge in [-0.3, -0.25) is 4.68 Å². The van der Waals surface area contributed by atoms with Crippen LogP contribution in [0.2, 0.25) is 0 Å². The first-order valence-corrected chi connectivity index (χ1v) is 9.56. The van der Waals surface area contributed by atoms with E-state index in [1.807, 2.05) is 29.9 Å². The van der Waals surface area contributed by atoms with Gasteiger partial charge in [-0.25, -0.2) is 14.8 Å². The molecule has 0 spiro atoms. The van der Waals surface area contributed by atoms with Crippen LogP contribution in [-0.2, 0) is 9.47 Å². The normalized spacial score (nSPS) is 16.4. The molecule has 1 aliphatic rings. The van der Waals surface area contributed by atoms with Crippen LogP contribution in [0.4, 0.5) is 11.6 Å². The fourth-order valence-corrected chi connectivity index (χ4v) is 3.42. The van der Waals surface area contributed by atoms with E-state index in [0.29, 0.717) is 29.4 Å². The lowest BCUT2D eigenvalue weighted by atomic mass is 10.0. The highest BCUT2D eigenvalue weighted by Crippen LogP contribution is 2.27. The van der Waals surface area contributed by atoms with Crippen molar-refractivity contribution < 1.29 is 14.3 Å². The predicted molar refractivity (Wildman–Crippen MR) is 108 cm³/mol. The molecule has 1 saturated heterocycles. The molecule has 1 fully saturated rings. The summed E-state index contributed by atoms with van der Waals surface area (Å²) in [6, 6.07) is 7.50. The number of carbonyl (C=O) groups is 1. The van der Waals surface area contributed by atoms with Crippen LogP contribution in [-0.4, -0.2) is 46.0 Å². The summed E-state index contributed by atoms with van der Waals surface area (Å²) in [7, 11) is 1.37. The Morgan fingerprint density at radius 1 is 1.31 bits per heavy atom. The molecule has 1 atom stereocenters. The summed E-state index contributed by atoms with van der Waals surface area (Å²) in [6.07, 6.45) is 7.51. The Bertz CT molecular complexity index is 1010. The zero-order valence-corrected chi connectivity index (χ0v) is 16.5. The van der Waals surface area contributed by atoms with E-state index in [1.54, 1.807) is 24.5 Å². The monoisotopic (exact) mass is 393 g/mol. The van der Waals surface area contributed by atoms with Gasteiger partial charge < -0.3 is 14.8 Å². The van der Waals surface area contributed by atoms with E-state index in [9.17, 15) is 4.79 Å². The van der Waals surface area contributed by atoms with Crippen LogP contribution in [0, 0.1) is 6.92 Å². The molecule has 0 radical (unpaired) electrons. The molecule has 1 N–H and O–H groups in total. The molecular formula is C21H23N5O3. The SMILES string of the molecule is COC(=O)c1ccccc1-c1nc(Nc2cnn(C3CCCOC3)c2)ncc1C. The van der Waals surface area contributed by atoms with Gasteiger partial charge in [-0.1, -0.05) is 18.2 Å². The fraction of sp³-hybridized carbons (Fsp3) is 0.333. The maximum atomic E-state index is 12.1. The van der Waals surface area contributed by atoms with E-state index in [0.717, 1.165) is 30.7 Å². The first-order chi connectivity index (χ1) is 14.2. The number of aromatic nitrogens is 4. The van der Waals surface area contributed by atoms with Gasteiger partial charge in [0.15, 0.2) is 0 Å². The molecule has 3 heterocycles. The fourth-order valence-electron chi connectivity index (χ4n) is 3.42. The van der Waals surface area contributed by atoms with Gasteiger partial charge in [-0.05, 0) is 31.4 Å². The quantitative estimate of drug-likeness (QED) is 0.663. The van der Waals surface area contributed by atoms with Crippen LogP contribution < -0.4 is 5.32 Å². The van der Waals surface area contributed by atoms with E-state index in [4.69, 9.17) is 9.47 Å². The summed E-state index contributed by atoms with van der Waals surface area (Å²) >= 11 is 0. The number of nitrogens with zero attached hydrogens (tertiary/aromatic N) is 4. The second-order valence-electron chi connectivity index (χ2n) is 6.97. The zero-order valence-electron chi connectivity index (χ0n) is 16.5. The average Bonchev–Trinajstić information content (AvgIpc) is 3.24. The van der Waals surface area contributed by atoms with E-state index >= 15 is 0 Å². The van der Waals surface area contributed by atoms with E-state index in [-0.39, 0.29) is 6.04 Å². The second-order valence-corrected chi connectivity index (χ2v) is 6.97. The number of aryl methyl sites for hydroxylation is 1. The van der Waals surface area contributed by atoms with Crippen molar-refractivity contribution in [1.82, 2.24) is 19.7 Å². The number of hydrogen-bond donors (Lipinski definition) is 1. The van der Waals surface area contributed by atoms with E-state index < -0.39 is 5.97 Å². The lowest BCUT2D eigenvalue weighted by molar-refractivity contribution is 0.0549. The second kappa shape index (κ2) is 8.40. The molecule has 29 heavy (non-hydrogen) atoms. The highest BCUT2D eigenvalue weighted by Gasteiger charge is 2.18. The minimum atomic E-state index is -0.399. The molecule has 4 rings (SSSR count). The summed E-state index contributed by atoms with van der Waals surface area (Å²) in [4.78, 5) is 21.2. The Kier molecular flexibility index (Phi) is 5.53. The molecule has 0 amide bonds. The Morgan fingerprint density at radius 3 is 2.97 bits per heavy atom. The van der Waals surface area contributed by atoms with Gasteiger partial charge in [0.25, 0.3) is 0 Å². The van der Waals surface area contributed by atoms with Crippen molar-refractivity contribution in [1.29, 1.82) is 0 Å². The Morgan fingerprint density at radius 2 is 2.17 bits per heavy atom. The third kappa shape index (κ3) is 4.12. The van der Waals surface area contributed by atoms with Crippen LogP contribution in [0.15, 0.2) is 42.9 Å². The molecule has 0 bridgehead atoms. The van der Waals surface area contributed by atoms with Gasteiger partial charge in [-0.15, -0.1) is 0 Å². The molecule has 2 aromatic heterocycles. The van der Waals surface area contributed by atoms with Crippen molar-refractivity contribution >= 4 is 17.6 Å². The van der Waals surface area contributed by atoms with Crippen molar-refractivity contribution in [2.24, 2.45) is 0 Å². The molecule has 150 valence electrons.